The lowest BCUT2D eigenvalue weighted by Gasteiger charge is -2.37. The highest BCUT2D eigenvalue weighted by Gasteiger charge is 2.39. The Morgan fingerprint density at radius 1 is 1.09 bits per heavy atom. The molecule has 176 valence electrons. The number of aliphatic hydroxyl groups is 1. The van der Waals surface area contributed by atoms with E-state index >= 15 is 0 Å². The Balaban J connectivity index is 1.66. The summed E-state index contributed by atoms with van der Waals surface area (Å²) >= 11 is 0. The van der Waals surface area contributed by atoms with Crippen LogP contribution in [0.15, 0.2) is 77.3 Å². The first-order chi connectivity index (χ1) is 16.8. The minimum absolute atomic E-state index is 0.00894. The van der Waals surface area contributed by atoms with Gasteiger partial charge in [0, 0.05) is 11.5 Å². The highest BCUT2D eigenvalue weighted by molar-refractivity contribution is 6.09. The SMILES string of the molecule is Nc1nc(N)nc(NCC2=C3OC4C=C(O)C=CC4C(c4ccccc4C(=O)O)=C3C=CC2=O)n1. The first-order valence-corrected chi connectivity index (χ1v) is 10.6. The van der Waals surface area contributed by atoms with Gasteiger partial charge in [0.25, 0.3) is 0 Å². The maximum Gasteiger partial charge on any atom is 0.336 e. The number of benzene rings is 1. The number of carbonyl (C=O) groups is 2. The first-order valence-electron chi connectivity index (χ1n) is 10.6. The van der Waals surface area contributed by atoms with Gasteiger partial charge in [-0.1, -0.05) is 24.3 Å². The summed E-state index contributed by atoms with van der Waals surface area (Å²) in [6.07, 6.45) is 7.19. The number of rotatable bonds is 5. The van der Waals surface area contributed by atoms with E-state index in [9.17, 15) is 19.8 Å². The van der Waals surface area contributed by atoms with Crippen LogP contribution in [0.25, 0.3) is 5.57 Å². The number of carboxylic acids is 1. The van der Waals surface area contributed by atoms with E-state index in [1.165, 1.54) is 18.2 Å². The van der Waals surface area contributed by atoms with Gasteiger partial charge in [0.1, 0.15) is 17.6 Å². The number of nitrogens with zero attached hydrogens (tertiary/aromatic N) is 3. The molecule has 0 fully saturated rings. The molecule has 11 nitrogen and oxygen atoms in total. The molecule has 3 aliphatic rings. The van der Waals surface area contributed by atoms with E-state index in [0.29, 0.717) is 16.7 Å². The summed E-state index contributed by atoms with van der Waals surface area (Å²) in [6.45, 7) is -0.0261. The zero-order valence-electron chi connectivity index (χ0n) is 18.2. The van der Waals surface area contributed by atoms with Gasteiger partial charge in [-0.3, -0.25) is 4.79 Å². The van der Waals surface area contributed by atoms with E-state index in [2.05, 4.69) is 20.3 Å². The Morgan fingerprint density at radius 3 is 2.57 bits per heavy atom. The normalized spacial score (nSPS) is 20.7. The Kier molecular flexibility index (Phi) is 5.28. The molecule has 0 spiro atoms. The van der Waals surface area contributed by atoms with E-state index in [1.807, 2.05) is 0 Å². The second-order valence-electron chi connectivity index (χ2n) is 7.97. The molecule has 2 unspecified atom stereocenters. The highest BCUT2D eigenvalue weighted by Crippen LogP contribution is 2.45. The maximum absolute atomic E-state index is 12.9. The van der Waals surface area contributed by atoms with Gasteiger partial charge in [0.2, 0.25) is 17.8 Å². The van der Waals surface area contributed by atoms with Gasteiger partial charge in [-0.2, -0.15) is 15.0 Å². The Bertz CT molecular complexity index is 1400. The standard InChI is InChI=1S/C24H20N6O5/c25-22-28-23(26)30-24(29-22)27-10-16-17(32)8-7-15-19(12-3-1-2-4-13(12)21(33)34)14-6-5-11(31)9-18(14)35-20(15)16/h1-9,14,18,31H,10H2,(H,33,34)(H5,25,26,27,28,29,30). The fourth-order valence-electron chi connectivity index (χ4n) is 4.33. The number of aromatic carboxylic acids is 1. The van der Waals surface area contributed by atoms with Crippen molar-refractivity contribution in [2.45, 2.75) is 6.10 Å². The molecule has 1 aromatic carbocycles. The molecule has 11 heteroatoms. The van der Waals surface area contributed by atoms with Gasteiger partial charge in [-0.15, -0.1) is 0 Å². The zero-order valence-corrected chi connectivity index (χ0v) is 18.2. The lowest BCUT2D eigenvalue weighted by Crippen LogP contribution is -2.33. The lowest BCUT2D eigenvalue weighted by molar-refractivity contribution is -0.111. The molecule has 2 heterocycles. The Morgan fingerprint density at radius 2 is 1.83 bits per heavy atom. The van der Waals surface area contributed by atoms with Crippen molar-refractivity contribution < 1.29 is 24.5 Å². The summed E-state index contributed by atoms with van der Waals surface area (Å²) in [6, 6.07) is 6.64. The van der Waals surface area contributed by atoms with Crippen molar-refractivity contribution in [2.75, 3.05) is 23.3 Å². The average molecular weight is 472 g/mol. The highest BCUT2D eigenvalue weighted by atomic mass is 16.5. The molecule has 1 aliphatic heterocycles. The third-order valence-electron chi connectivity index (χ3n) is 5.80. The predicted octanol–water partition coefficient (Wildman–Crippen LogP) is 2.02. The van der Waals surface area contributed by atoms with Crippen LogP contribution in [0.1, 0.15) is 15.9 Å². The van der Waals surface area contributed by atoms with Gasteiger partial charge in [0.05, 0.1) is 17.7 Å². The van der Waals surface area contributed by atoms with Crippen LogP contribution in [-0.4, -0.2) is 49.6 Å². The van der Waals surface area contributed by atoms with E-state index in [4.69, 9.17) is 16.2 Å². The largest absolute Gasteiger partial charge is 0.508 e. The van der Waals surface area contributed by atoms with Crippen molar-refractivity contribution in [1.29, 1.82) is 0 Å². The van der Waals surface area contributed by atoms with Crippen LogP contribution >= 0.6 is 0 Å². The molecule has 2 atom stereocenters. The number of nitrogens with one attached hydrogen (secondary N) is 1. The Hall–Kier alpha value is -4.93. The fourth-order valence-corrected chi connectivity index (χ4v) is 4.33. The average Bonchev–Trinajstić information content (AvgIpc) is 2.81. The predicted molar refractivity (Wildman–Crippen MR) is 127 cm³/mol. The fraction of sp³-hybridized carbons (Fsp3) is 0.125. The molecule has 1 aromatic heterocycles. The van der Waals surface area contributed by atoms with Crippen molar-refractivity contribution >= 4 is 35.2 Å². The number of nitrogen functional groups attached to an aromatic ring is 2. The number of nitrogens with two attached hydrogens (primary N) is 2. The number of carboxylic acid groups (broad SMARTS) is 1. The molecule has 7 N–H and O–H groups in total. The number of aliphatic hydroxyl groups excluding tert-OH is 1. The minimum Gasteiger partial charge on any atom is -0.508 e. The van der Waals surface area contributed by atoms with Crippen molar-refractivity contribution in [3.05, 3.63) is 88.4 Å². The number of anilines is 3. The molecular weight excluding hydrogens is 452 g/mol. The number of ketones is 1. The van der Waals surface area contributed by atoms with Gasteiger partial charge >= 0.3 is 5.97 Å². The molecule has 35 heavy (non-hydrogen) atoms. The smallest absolute Gasteiger partial charge is 0.336 e. The van der Waals surface area contributed by atoms with Crippen LogP contribution in [0.3, 0.4) is 0 Å². The molecular formula is C24H20N6O5. The number of fused-ring (bicyclic) bond motifs is 2. The molecule has 5 rings (SSSR count). The summed E-state index contributed by atoms with van der Waals surface area (Å²) in [4.78, 5) is 36.5. The second kappa shape index (κ2) is 8.45. The van der Waals surface area contributed by atoms with Crippen LogP contribution in [0.2, 0.25) is 0 Å². The number of hydrogen-bond donors (Lipinski definition) is 5. The van der Waals surface area contributed by atoms with Gasteiger partial charge < -0.3 is 31.7 Å². The molecule has 0 radical (unpaired) electrons. The lowest BCUT2D eigenvalue weighted by atomic mass is 9.77. The third-order valence-corrected chi connectivity index (χ3v) is 5.80. The molecule has 0 amide bonds. The number of ether oxygens (including phenoxy) is 1. The molecule has 2 aliphatic carbocycles. The van der Waals surface area contributed by atoms with Crippen molar-refractivity contribution in [2.24, 2.45) is 5.92 Å². The molecule has 2 aromatic rings. The third kappa shape index (κ3) is 3.99. The van der Waals surface area contributed by atoms with Gasteiger partial charge in [0.15, 0.2) is 5.78 Å². The van der Waals surface area contributed by atoms with Crippen LogP contribution in [0, 0.1) is 5.92 Å². The topological polar surface area (TPSA) is 187 Å². The van der Waals surface area contributed by atoms with Crippen LogP contribution in [0.4, 0.5) is 17.8 Å². The van der Waals surface area contributed by atoms with Gasteiger partial charge in [-0.05, 0) is 41.5 Å². The van der Waals surface area contributed by atoms with Crippen molar-refractivity contribution in [3.8, 4) is 0 Å². The monoisotopic (exact) mass is 472 g/mol. The number of allylic oxidation sites excluding steroid dienone is 3. The Labute approximate surface area is 198 Å². The molecule has 0 saturated heterocycles. The summed E-state index contributed by atoms with van der Waals surface area (Å²) in [5.74, 6) is -1.57. The van der Waals surface area contributed by atoms with Crippen molar-refractivity contribution in [1.82, 2.24) is 15.0 Å². The van der Waals surface area contributed by atoms with E-state index in [-0.39, 0.29) is 58.7 Å². The number of carbonyl (C=O) groups excluding carboxylic acids is 1. The van der Waals surface area contributed by atoms with E-state index in [0.717, 1.165) is 0 Å². The van der Waals surface area contributed by atoms with E-state index < -0.39 is 12.1 Å². The molecule has 0 saturated carbocycles. The summed E-state index contributed by atoms with van der Waals surface area (Å²) in [5, 5.41) is 22.8. The number of aromatic nitrogens is 3. The second-order valence-corrected chi connectivity index (χ2v) is 7.97. The van der Waals surface area contributed by atoms with Crippen LogP contribution in [0.5, 0.6) is 0 Å². The van der Waals surface area contributed by atoms with Gasteiger partial charge in [-0.25, -0.2) is 4.79 Å². The van der Waals surface area contributed by atoms with Crippen molar-refractivity contribution in [3.63, 3.8) is 0 Å². The van der Waals surface area contributed by atoms with Crippen LogP contribution < -0.4 is 16.8 Å². The minimum atomic E-state index is -1.08. The zero-order chi connectivity index (χ0) is 24.7. The number of hydrogen-bond acceptors (Lipinski definition) is 10. The molecule has 0 bridgehead atoms. The van der Waals surface area contributed by atoms with Crippen LogP contribution in [-0.2, 0) is 9.53 Å². The summed E-state index contributed by atoms with van der Waals surface area (Å²) in [7, 11) is 0. The summed E-state index contributed by atoms with van der Waals surface area (Å²) < 4.78 is 6.21. The quantitative estimate of drug-likeness (QED) is 0.428. The van der Waals surface area contributed by atoms with E-state index in [1.54, 1.807) is 36.4 Å². The maximum atomic E-state index is 12.9. The summed E-state index contributed by atoms with van der Waals surface area (Å²) in [5.41, 5.74) is 13.4. The first kappa shape index (κ1) is 21.9.